The van der Waals surface area contributed by atoms with Crippen molar-refractivity contribution in [3.63, 3.8) is 0 Å². The summed E-state index contributed by atoms with van der Waals surface area (Å²) in [7, 11) is 0. The Labute approximate surface area is 139 Å². The van der Waals surface area contributed by atoms with Crippen LogP contribution in [0.3, 0.4) is 0 Å². The maximum absolute atomic E-state index is 6.27. The van der Waals surface area contributed by atoms with Crippen LogP contribution in [0.4, 0.5) is 0 Å². The summed E-state index contributed by atoms with van der Waals surface area (Å²) in [5, 5.41) is 0. The van der Waals surface area contributed by atoms with Gasteiger partial charge in [-0.2, -0.15) is 0 Å². The van der Waals surface area contributed by atoms with Crippen molar-refractivity contribution in [1.82, 2.24) is 0 Å². The Hall–Kier alpha value is -0.940. The Morgan fingerprint density at radius 3 is 2.74 bits per heavy atom. The molecule has 0 aromatic carbocycles. The molecule has 0 N–H and O–H groups in total. The van der Waals surface area contributed by atoms with E-state index >= 15 is 0 Å². The van der Waals surface area contributed by atoms with Crippen LogP contribution in [-0.2, 0) is 18.9 Å². The molecule has 0 aliphatic carbocycles. The van der Waals surface area contributed by atoms with Crippen LogP contribution in [0.2, 0.25) is 0 Å². The smallest absolute Gasteiger partial charge is 0.191 e. The van der Waals surface area contributed by atoms with E-state index in [0.717, 1.165) is 31.3 Å². The predicted octanol–water partition coefficient (Wildman–Crippen LogP) is 3.88. The van der Waals surface area contributed by atoms with Crippen molar-refractivity contribution in [2.24, 2.45) is 0 Å². The highest BCUT2D eigenvalue weighted by Crippen LogP contribution is 2.44. The van der Waals surface area contributed by atoms with Crippen LogP contribution in [0.25, 0.3) is 0 Å². The Bertz CT molecular complexity index is 507. The lowest BCUT2D eigenvalue weighted by Gasteiger charge is -2.34. The average Bonchev–Trinajstić information content (AvgIpc) is 2.91. The third-order valence-electron chi connectivity index (χ3n) is 4.51. The van der Waals surface area contributed by atoms with E-state index in [1.165, 1.54) is 5.57 Å². The van der Waals surface area contributed by atoms with Crippen LogP contribution in [0, 0.1) is 0 Å². The highest BCUT2D eigenvalue weighted by molar-refractivity contribution is 5.27. The second-order valence-electron chi connectivity index (χ2n) is 7.24. The lowest BCUT2D eigenvalue weighted by Crippen LogP contribution is -2.40. The summed E-state index contributed by atoms with van der Waals surface area (Å²) in [4.78, 5) is 0. The van der Waals surface area contributed by atoms with Crippen LogP contribution >= 0.6 is 0 Å². The first-order chi connectivity index (χ1) is 10.9. The molecule has 23 heavy (non-hydrogen) atoms. The van der Waals surface area contributed by atoms with Gasteiger partial charge < -0.3 is 18.9 Å². The van der Waals surface area contributed by atoms with Gasteiger partial charge in [-0.1, -0.05) is 17.7 Å². The van der Waals surface area contributed by atoms with Crippen LogP contribution < -0.4 is 0 Å². The van der Waals surface area contributed by atoms with E-state index in [4.69, 9.17) is 18.9 Å². The molecule has 2 fully saturated rings. The van der Waals surface area contributed by atoms with Crippen molar-refractivity contribution in [3.8, 4) is 0 Å². The fourth-order valence-corrected chi connectivity index (χ4v) is 3.60. The number of fused-ring (bicyclic) bond motifs is 3. The van der Waals surface area contributed by atoms with Gasteiger partial charge in [0.15, 0.2) is 12.1 Å². The zero-order chi connectivity index (χ0) is 16.6. The molecule has 0 radical (unpaired) electrons. The molecule has 0 aromatic heterocycles. The highest BCUT2D eigenvalue weighted by Gasteiger charge is 2.55. The van der Waals surface area contributed by atoms with Gasteiger partial charge in [-0.3, -0.25) is 0 Å². The van der Waals surface area contributed by atoms with Crippen LogP contribution in [0.15, 0.2) is 36.5 Å². The van der Waals surface area contributed by atoms with E-state index in [9.17, 15) is 0 Å². The van der Waals surface area contributed by atoms with Gasteiger partial charge in [-0.25, -0.2) is 0 Å². The third kappa shape index (κ3) is 3.61. The van der Waals surface area contributed by atoms with E-state index in [1.54, 1.807) is 0 Å². The summed E-state index contributed by atoms with van der Waals surface area (Å²) in [6.45, 7) is 13.7. The normalized spacial score (nSPS) is 37.9. The topological polar surface area (TPSA) is 36.9 Å². The molecule has 2 saturated heterocycles. The van der Waals surface area contributed by atoms with Crippen molar-refractivity contribution >= 4 is 0 Å². The standard InChI is InChI=1S/C19H28O4/c1-6-7-8-9-13-11-14-16(15(20-13)10-12(2)3)21-18-17(14)22-19(4,5)23-18/h6,11,13,15-18H,1-2,7-10H2,3-5H3/t13-,15+,16+,17-,18-/m1/s1. The molecule has 3 heterocycles. The van der Waals surface area contributed by atoms with Crippen LogP contribution in [0.1, 0.15) is 46.5 Å². The molecule has 4 heteroatoms. The van der Waals surface area contributed by atoms with Crippen LogP contribution in [0.5, 0.6) is 0 Å². The zero-order valence-corrected chi connectivity index (χ0v) is 14.4. The molecule has 0 aromatic rings. The van der Waals surface area contributed by atoms with Crippen molar-refractivity contribution in [1.29, 1.82) is 0 Å². The van der Waals surface area contributed by atoms with E-state index in [2.05, 4.69) is 19.2 Å². The lowest BCUT2D eigenvalue weighted by atomic mass is 9.92. The number of hydrogen-bond donors (Lipinski definition) is 0. The minimum Gasteiger partial charge on any atom is -0.368 e. The molecule has 4 nitrogen and oxygen atoms in total. The fourth-order valence-electron chi connectivity index (χ4n) is 3.60. The zero-order valence-electron chi connectivity index (χ0n) is 14.4. The molecule has 0 spiro atoms. The summed E-state index contributed by atoms with van der Waals surface area (Å²) < 4.78 is 24.3. The fraction of sp³-hybridized carbons (Fsp3) is 0.684. The molecular formula is C19H28O4. The Balaban J connectivity index is 1.78. The number of ether oxygens (including phenoxy) is 4. The summed E-state index contributed by atoms with van der Waals surface area (Å²) in [6, 6.07) is 0. The number of allylic oxidation sites excluding steroid dienone is 1. The molecule has 3 rings (SSSR count). The maximum atomic E-state index is 6.27. The summed E-state index contributed by atoms with van der Waals surface area (Å²) in [6.07, 6.45) is 7.55. The molecule has 0 amide bonds. The summed E-state index contributed by atoms with van der Waals surface area (Å²) in [5.74, 6) is -0.596. The van der Waals surface area contributed by atoms with Gasteiger partial charge in [0, 0.05) is 0 Å². The predicted molar refractivity (Wildman–Crippen MR) is 88.9 cm³/mol. The van der Waals surface area contributed by atoms with Gasteiger partial charge >= 0.3 is 0 Å². The van der Waals surface area contributed by atoms with Crippen molar-refractivity contribution in [2.45, 2.75) is 82.9 Å². The number of hydrogen-bond acceptors (Lipinski definition) is 4. The van der Waals surface area contributed by atoms with E-state index in [1.807, 2.05) is 26.8 Å². The third-order valence-corrected chi connectivity index (χ3v) is 4.51. The second kappa shape index (κ2) is 6.52. The Morgan fingerprint density at radius 2 is 2.04 bits per heavy atom. The first-order valence-corrected chi connectivity index (χ1v) is 8.53. The molecule has 128 valence electrons. The van der Waals surface area contributed by atoms with Gasteiger partial charge in [-0.05, 0) is 52.0 Å². The number of unbranched alkanes of at least 4 members (excludes halogenated alkanes) is 1. The largest absolute Gasteiger partial charge is 0.368 e. The van der Waals surface area contributed by atoms with Crippen molar-refractivity contribution < 1.29 is 18.9 Å². The second-order valence-corrected chi connectivity index (χ2v) is 7.24. The summed E-state index contributed by atoms with van der Waals surface area (Å²) >= 11 is 0. The molecule has 3 aliphatic heterocycles. The lowest BCUT2D eigenvalue weighted by molar-refractivity contribution is -0.215. The van der Waals surface area contributed by atoms with Gasteiger partial charge in [0.2, 0.25) is 0 Å². The first kappa shape index (κ1) is 16.9. The Morgan fingerprint density at radius 1 is 1.26 bits per heavy atom. The van der Waals surface area contributed by atoms with Crippen molar-refractivity contribution in [3.05, 3.63) is 36.5 Å². The highest BCUT2D eigenvalue weighted by atomic mass is 16.8. The van der Waals surface area contributed by atoms with E-state index in [0.29, 0.717) is 0 Å². The molecule has 0 saturated carbocycles. The van der Waals surface area contributed by atoms with Crippen LogP contribution in [-0.4, -0.2) is 36.5 Å². The Kier molecular flexibility index (Phi) is 4.79. The first-order valence-electron chi connectivity index (χ1n) is 8.53. The quantitative estimate of drug-likeness (QED) is 0.550. The van der Waals surface area contributed by atoms with E-state index in [-0.39, 0.29) is 30.7 Å². The van der Waals surface area contributed by atoms with Gasteiger partial charge in [0.05, 0.1) is 12.2 Å². The maximum Gasteiger partial charge on any atom is 0.191 e. The summed E-state index contributed by atoms with van der Waals surface area (Å²) in [5.41, 5.74) is 2.28. The monoisotopic (exact) mass is 320 g/mol. The average molecular weight is 320 g/mol. The minimum absolute atomic E-state index is 0.0119. The molecule has 0 unspecified atom stereocenters. The SMILES string of the molecule is C=CCCC[C@@H]1C=C2[C@H]3OC(C)(C)O[C@H]3O[C@@H]2[C@H](CC(=C)C)O1. The molecule has 0 bridgehead atoms. The minimum atomic E-state index is -0.596. The van der Waals surface area contributed by atoms with E-state index < -0.39 is 5.79 Å². The van der Waals surface area contributed by atoms with Gasteiger partial charge in [-0.15, -0.1) is 13.2 Å². The van der Waals surface area contributed by atoms with Crippen molar-refractivity contribution in [2.75, 3.05) is 0 Å². The van der Waals surface area contributed by atoms with Gasteiger partial charge in [0.25, 0.3) is 0 Å². The number of rotatable bonds is 6. The molecule has 3 aliphatic rings. The molecule has 5 atom stereocenters. The molecular weight excluding hydrogens is 292 g/mol. The van der Waals surface area contributed by atoms with Gasteiger partial charge in [0.1, 0.15) is 12.2 Å².